The zero-order valence-corrected chi connectivity index (χ0v) is 12.9. The maximum atomic E-state index is 13.7. The maximum absolute atomic E-state index is 13.7. The van der Waals surface area contributed by atoms with Gasteiger partial charge in [-0.25, -0.2) is 4.39 Å². The van der Waals surface area contributed by atoms with Gasteiger partial charge in [-0.2, -0.15) is 0 Å². The average molecular weight is 322 g/mol. The zero-order chi connectivity index (χ0) is 14.0. The third-order valence-corrected chi connectivity index (χ3v) is 3.86. The highest BCUT2D eigenvalue weighted by Crippen LogP contribution is 2.28. The summed E-state index contributed by atoms with van der Waals surface area (Å²) < 4.78 is 14.8. The molecule has 2 rings (SSSR count). The van der Waals surface area contributed by atoms with E-state index in [-0.39, 0.29) is 11.9 Å². The van der Waals surface area contributed by atoms with E-state index in [1.54, 1.807) is 13.0 Å². The average Bonchev–Trinajstić information content (AvgIpc) is 2.38. The van der Waals surface area contributed by atoms with Crippen molar-refractivity contribution in [3.8, 4) is 0 Å². The van der Waals surface area contributed by atoms with Crippen molar-refractivity contribution in [2.75, 3.05) is 7.05 Å². The Kier molecular flexibility index (Phi) is 4.38. The fraction of sp³-hybridized carbons (Fsp3) is 0.250. The number of benzene rings is 2. The van der Waals surface area contributed by atoms with Gasteiger partial charge in [0.1, 0.15) is 5.82 Å². The van der Waals surface area contributed by atoms with Crippen LogP contribution in [0.5, 0.6) is 0 Å². The van der Waals surface area contributed by atoms with E-state index in [9.17, 15) is 4.39 Å². The summed E-state index contributed by atoms with van der Waals surface area (Å²) in [6.45, 7) is 3.84. The Bertz CT molecular complexity index is 595. The summed E-state index contributed by atoms with van der Waals surface area (Å²) in [6, 6.07) is 11.6. The molecule has 1 nitrogen and oxygen atoms in total. The molecule has 2 aromatic carbocycles. The van der Waals surface area contributed by atoms with Crippen LogP contribution in [0.4, 0.5) is 4.39 Å². The SMILES string of the molecule is CNC(c1ccc(C)c(F)c1)c1cc(Br)ccc1C. The molecular formula is C16H17BrFN. The molecule has 0 spiro atoms. The molecule has 100 valence electrons. The number of hydrogen-bond acceptors (Lipinski definition) is 1. The van der Waals surface area contributed by atoms with Crippen LogP contribution in [0.1, 0.15) is 28.3 Å². The summed E-state index contributed by atoms with van der Waals surface area (Å²) in [7, 11) is 1.89. The zero-order valence-electron chi connectivity index (χ0n) is 11.3. The first-order valence-electron chi connectivity index (χ1n) is 6.22. The first-order valence-corrected chi connectivity index (χ1v) is 7.01. The molecule has 3 heteroatoms. The van der Waals surface area contributed by atoms with Crippen LogP contribution in [0.3, 0.4) is 0 Å². The molecule has 0 aliphatic rings. The van der Waals surface area contributed by atoms with Crippen molar-refractivity contribution in [3.63, 3.8) is 0 Å². The lowest BCUT2D eigenvalue weighted by atomic mass is 9.94. The van der Waals surface area contributed by atoms with E-state index >= 15 is 0 Å². The summed E-state index contributed by atoms with van der Waals surface area (Å²) in [5.41, 5.74) is 3.94. The van der Waals surface area contributed by atoms with Gasteiger partial charge in [0.05, 0.1) is 6.04 Å². The molecule has 0 heterocycles. The molecule has 19 heavy (non-hydrogen) atoms. The van der Waals surface area contributed by atoms with Gasteiger partial charge in [0.15, 0.2) is 0 Å². The highest BCUT2D eigenvalue weighted by molar-refractivity contribution is 9.10. The number of halogens is 2. The van der Waals surface area contributed by atoms with E-state index in [0.717, 1.165) is 15.6 Å². The minimum atomic E-state index is -0.162. The third kappa shape index (κ3) is 3.04. The molecule has 1 unspecified atom stereocenters. The monoisotopic (exact) mass is 321 g/mol. The van der Waals surface area contributed by atoms with Crippen molar-refractivity contribution in [2.45, 2.75) is 19.9 Å². The molecule has 1 N–H and O–H groups in total. The lowest BCUT2D eigenvalue weighted by Crippen LogP contribution is -2.19. The predicted molar refractivity (Wildman–Crippen MR) is 80.9 cm³/mol. The number of aryl methyl sites for hydroxylation is 2. The van der Waals surface area contributed by atoms with Crippen molar-refractivity contribution in [3.05, 3.63) is 68.9 Å². The minimum Gasteiger partial charge on any atom is -0.309 e. The van der Waals surface area contributed by atoms with Gasteiger partial charge < -0.3 is 5.32 Å². The van der Waals surface area contributed by atoms with Crippen LogP contribution in [-0.4, -0.2) is 7.05 Å². The standard InChI is InChI=1S/C16H17BrFN/c1-10-5-7-13(17)9-14(10)16(19-3)12-6-4-11(2)15(18)8-12/h4-9,16,19H,1-3H3. The Labute approximate surface area is 122 Å². The van der Waals surface area contributed by atoms with E-state index in [4.69, 9.17) is 0 Å². The van der Waals surface area contributed by atoms with Crippen LogP contribution >= 0.6 is 15.9 Å². The van der Waals surface area contributed by atoms with Crippen LogP contribution in [0.25, 0.3) is 0 Å². The Morgan fingerprint density at radius 3 is 2.37 bits per heavy atom. The summed E-state index contributed by atoms with van der Waals surface area (Å²) in [4.78, 5) is 0. The molecule has 0 bridgehead atoms. The van der Waals surface area contributed by atoms with Gasteiger partial charge in [-0.3, -0.25) is 0 Å². The second-order valence-electron chi connectivity index (χ2n) is 4.73. The first-order chi connectivity index (χ1) is 9.02. The Balaban J connectivity index is 2.49. The second kappa shape index (κ2) is 5.85. The second-order valence-corrected chi connectivity index (χ2v) is 5.65. The van der Waals surface area contributed by atoms with E-state index in [1.807, 2.05) is 25.2 Å². The van der Waals surface area contributed by atoms with Crippen LogP contribution < -0.4 is 5.32 Å². The first kappa shape index (κ1) is 14.2. The molecule has 0 saturated carbocycles. The molecule has 0 aromatic heterocycles. The van der Waals surface area contributed by atoms with Crippen LogP contribution in [-0.2, 0) is 0 Å². The van der Waals surface area contributed by atoms with Gasteiger partial charge >= 0.3 is 0 Å². The van der Waals surface area contributed by atoms with Gasteiger partial charge in [-0.15, -0.1) is 0 Å². The quantitative estimate of drug-likeness (QED) is 0.876. The Morgan fingerprint density at radius 1 is 1.05 bits per heavy atom. The van der Waals surface area contributed by atoms with Crippen molar-refractivity contribution >= 4 is 15.9 Å². The normalized spacial score (nSPS) is 12.5. The Morgan fingerprint density at radius 2 is 1.74 bits per heavy atom. The number of hydrogen-bond donors (Lipinski definition) is 1. The van der Waals surface area contributed by atoms with Crippen molar-refractivity contribution in [2.24, 2.45) is 0 Å². The van der Waals surface area contributed by atoms with Gasteiger partial charge in [-0.05, 0) is 61.3 Å². The largest absolute Gasteiger partial charge is 0.309 e. The number of nitrogens with one attached hydrogen (secondary N) is 1. The smallest absolute Gasteiger partial charge is 0.126 e. The molecule has 0 fully saturated rings. The van der Waals surface area contributed by atoms with E-state index in [2.05, 4.69) is 40.3 Å². The molecule has 0 aliphatic carbocycles. The van der Waals surface area contributed by atoms with Crippen molar-refractivity contribution < 1.29 is 4.39 Å². The molecule has 0 amide bonds. The molecule has 0 saturated heterocycles. The van der Waals surface area contributed by atoms with Crippen LogP contribution in [0, 0.1) is 19.7 Å². The molecule has 0 aliphatic heterocycles. The molecular weight excluding hydrogens is 305 g/mol. The van der Waals surface area contributed by atoms with Crippen molar-refractivity contribution in [1.82, 2.24) is 5.32 Å². The fourth-order valence-electron chi connectivity index (χ4n) is 2.21. The van der Waals surface area contributed by atoms with Crippen LogP contribution in [0.15, 0.2) is 40.9 Å². The summed E-state index contributed by atoms with van der Waals surface area (Å²) >= 11 is 3.49. The van der Waals surface area contributed by atoms with Gasteiger partial charge in [0, 0.05) is 4.47 Å². The summed E-state index contributed by atoms with van der Waals surface area (Å²) in [6.07, 6.45) is 0. The number of rotatable bonds is 3. The lowest BCUT2D eigenvalue weighted by Gasteiger charge is -2.20. The molecule has 1 atom stereocenters. The van der Waals surface area contributed by atoms with Crippen molar-refractivity contribution in [1.29, 1.82) is 0 Å². The highest BCUT2D eigenvalue weighted by Gasteiger charge is 2.15. The van der Waals surface area contributed by atoms with E-state index in [1.165, 1.54) is 5.56 Å². The van der Waals surface area contributed by atoms with Gasteiger partial charge in [-0.1, -0.05) is 34.1 Å². The third-order valence-electron chi connectivity index (χ3n) is 3.37. The lowest BCUT2D eigenvalue weighted by molar-refractivity contribution is 0.608. The maximum Gasteiger partial charge on any atom is 0.126 e. The van der Waals surface area contributed by atoms with Crippen LogP contribution in [0.2, 0.25) is 0 Å². The van der Waals surface area contributed by atoms with Gasteiger partial charge in [0.25, 0.3) is 0 Å². The highest BCUT2D eigenvalue weighted by atomic mass is 79.9. The molecule has 2 aromatic rings. The van der Waals surface area contributed by atoms with E-state index < -0.39 is 0 Å². The molecule has 0 radical (unpaired) electrons. The summed E-state index contributed by atoms with van der Waals surface area (Å²) in [5.74, 6) is -0.162. The Hall–Kier alpha value is -1.19. The topological polar surface area (TPSA) is 12.0 Å². The fourth-order valence-corrected chi connectivity index (χ4v) is 2.59. The summed E-state index contributed by atoms with van der Waals surface area (Å²) in [5, 5.41) is 3.26. The minimum absolute atomic E-state index is 0.00685. The predicted octanol–water partition coefficient (Wildman–Crippen LogP) is 4.51. The van der Waals surface area contributed by atoms with E-state index in [0.29, 0.717) is 5.56 Å². The van der Waals surface area contributed by atoms with Gasteiger partial charge in [0.2, 0.25) is 0 Å².